The number of hydrogen-bond donors (Lipinski definition) is 2. The fraction of sp³-hybridized carbons (Fsp3) is 0.533. The zero-order valence-corrected chi connectivity index (χ0v) is 12.9. The number of carbonyl (C=O) groups excluding carboxylic acids is 1. The highest BCUT2D eigenvalue weighted by molar-refractivity contribution is 6.30. The van der Waals surface area contributed by atoms with Gasteiger partial charge in [0.15, 0.2) is 0 Å². The van der Waals surface area contributed by atoms with Gasteiger partial charge < -0.3 is 20.5 Å². The second-order valence-corrected chi connectivity index (χ2v) is 5.80. The lowest BCUT2D eigenvalue weighted by Gasteiger charge is -2.32. The van der Waals surface area contributed by atoms with E-state index in [1.54, 1.807) is 12.1 Å². The topological polar surface area (TPSA) is 73.6 Å². The van der Waals surface area contributed by atoms with Gasteiger partial charge in [0.2, 0.25) is 5.91 Å². The largest absolute Gasteiger partial charge is 0.489 e. The van der Waals surface area contributed by atoms with E-state index in [0.717, 1.165) is 0 Å². The summed E-state index contributed by atoms with van der Waals surface area (Å²) in [6.45, 7) is 3.33. The molecular weight excluding hydrogens is 292 g/mol. The summed E-state index contributed by atoms with van der Waals surface area (Å²) in [5, 5.41) is 3.47. The Balaban J connectivity index is 1.80. The van der Waals surface area contributed by atoms with Crippen LogP contribution in [0.5, 0.6) is 5.75 Å². The Kier molecular flexibility index (Phi) is 5.45. The van der Waals surface area contributed by atoms with Gasteiger partial charge in [-0.15, -0.1) is 0 Å². The van der Waals surface area contributed by atoms with Crippen molar-refractivity contribution in [2.75, 3.05) is 19.8 Å². The Hall–Kier alpha value is -1.30. The van der Waals surface area contributed by atoms with Crippen LogP contribution in [0.4, 0.5) is 0 Å². The molecule has 2 rings (SSSR count). The molecule has 1 aliphatic heterocycles. The molecule has 5 nitrogen and oxygen atoms in total. The van der Waals surface area contributed by atoms with Crippen LogP contribution in [-0.2, 0) is 9.53 Å². The van der Waals surface area contributed by atoms with Crippen molar-refractivity contribution in [2.24, 2.45) is 5.73 Å². The highest BCUT2D eigenvalue weighted by Crippen LogP contribution is 2.19. The van der Waals surface area contributed by atoms with Crippen LogP contribution in [-0.4, -0.2) is 37.3 Å². The monoisotopic (exact) mass is 312 g/mol. The van der Waals surface area contributed by atoms with Crippen molar-refractivity contribution in [1.29, 1.82) is 0 Å². The zero-order chi connectivity index (χ0) is 15.3. The van der Waals surface area contributed by atoms with E-state index in [0.29, 0.717) is 43.4 Å². The molecule has 1 heterocycles. The molecule has 1 aromatic carbocycles. The number of hydrogen-bond acceptors (Lipinski definition) is 4. The van der Waals surface area contributed by atoms with Gasteiger partial charge in [-0.2, -0.15) is 0 Å². The van der Waals surface area contributed by atoms with E-state index in [1.807, 2.05) is 19.1 Å². The molecule has 6 heteroatoms. The summed E-state index contributed by atoms with van der Waals surface area (Å²) in [4.78, 5) is 12.2. The lowest BCUT2D eigenvalue weighted by molar-refractivity contribution is -0.130. The van der Waals surface area contributed by atoms with Gasteiger partial charge in [-0.25, -0.2) is 0 Å². The van der Waals surface area contributed by atoms with Crippen molar-refractivity contribution in [3.63, 3.8) is 0 Å². The first kappa shape index (κ1) is 16.1. The average Bonchev–Trinajstić information content (AvgIpc) is 2.45. The maximum Gasteiger partial charge on any atom is 0.240 e. The van der Waals surface area contributed by atoms with Gasteiger partial charge in [0.1, 0.15) is 11.9 Å². The third-order valence-electron chi connectivity index (χ3n) is 3.52. The van der Waals surface area contributed by atoms with Gasteiger partial charge in [-0.05, 0) is 38.0 Å². The van der Waals surface area contributed by atoms with Crippen LogP contribution in [0, 0.1) is 0 Å². The van der Waals surface area contributed by atoms with Gasteiger partial charge in [-0.1, -0.05) is 17.7 Å². The average molecular weight is 313 g/mol. The molecule has 116 valence electrons. The Morgan fingerprint density at radius 3 is 2.90 bits per heavy atom. The molecule has 0 spiro atoms. The van der Waals surface area contributed by atoms with Crippen molar-refractivity contribution in [3.8, 4) is 5.75 Å². The van der Waals surface area contributed by atoms with Crippen LogP contribution in [0.2, 0.25) is 5.02 Å². The summed E-state index contributed by atoms with van der Waals surface area (Å²) in [5.74, 6) is 0.533. The second kappa shape index (κ2) is 7.11. The van der Waals surface area contributed by atoms with Crippen molar-refractivity contribution in [2.45, 2.75) is 31.4 Å². The van der Waals surface area contributed by atoms with Crippen LogP contribution >= 0.6 is 11.6 Å². The Morgan fingerprint density at radius 2 is 2.24 bits per heavy atom. The van der Waals surface area contributed by atoms with Gasteiger partial charge >= 0.3 is 0 Å². The molecule has 1 atom stereocenters. The summed E-state index contributed by atoms with van der Waals surface area (Å²) in [5.41, 5.74) is 5.29. The Morgan fingerprint density at radius 1 is 1.52 bits per heavy atom. The maximum absolute atomic E-state index is 12.2. The molecule has 3 N–H and O–H groups in total. The van der Waals surface area contributed by atoms with E-state index < -0.39 is 5.54 Å². The minimum atomic E-state index is -0.825. The van der Waals surface area contributed by atoms with E-state index in [9.17, 15) is 4.79 Å². The quantitative estimate of drug-likeness (QED) is 0.868. The molecule has 1 fully saturated rings. The minimum absolute atomic E-state index is 0.146. The molecule has 21 heavy (non-hydrogen) atoms. The smallest absolute Gasteiger partial charge is 0.240 e. The summed E-state index contributed by atoms with van der Waals surface area (Å²) in [7, 11) is 0. The van der Waals surface area contributed by atoms with Crippen molar-refractivity contribution in [1.82, 2.24) is 5.32 Å². The zero-order valence-electron chi connectivity index (χ0n) is 12.1. The standard InChI is InChI=1S/C15H21ClN2O3/c1-11(21-13-4-2-3-12(16)9-13)10-18-14(19)15(17)5-7-20-8-6-15/h2-4,9,11H,5-8,10,17H2,1H3,(H,18,19). The van der Waals surface area contributed by atoms with Crippen LogP contribution in [0.15, 0.2) is 24.3 Å². The van der Waals surface area contributed by atoms with E-state index >= 15 is 0 Å². The van der Waals surface area contributed by atoms with Crippen LogP contribution in [0.1, 0.15) is 19.8 Å². The Bertz CT molecular complexity index is 490. The molecule has 1 amide bonds. The number of nitrogens with one attached hydrogen (secondary N) is 1. The Labute approximate surface area is 129 Å². The van der Waals surface area contributed by atoms with Gasteiger partial charge in [-0.3, -0.25) is 4.79 Å². The van der Waals surface area contributed by atoms with Crippen LogP contribution < -0.4 is 15.8 Å². The van der Waals surface area contributed by atoms with E-state index in [-0.39, 0.29) is 12.0 Å². The van der Waals surface area contributed by atoms with Gasteiger partial charge in [0, 0.05) is 18.2 Å². The van der Waals surface area contributed by atoms with Crippen molar-refractivity contribution >= 4 is 17.5 Å². The summed E-state index contributed by atoms with van der Waals surface area (Å²) >= 11 is 5.90. The number of carbonyl (C=O) groups is 1. The fourth-order valence-electron chi connectivity index (χ4n) is 2.19. The molecule has 0 bridgehead atoms. The minimum Gasteiger partial charge on any atom is -0.489 e. The first-order valence-corrected chi connectivity index (χ1v) is 7.44. The van der Waals surface area contributed by atoms with Gasteiger partial charge in [0.05, 0.1) is 12.1 Å². The number of rotatable bonds is 5. The van der Waals surface area contributed by atoms with Crippen LogP contribution in [0.25, 0.3) is 0 Å². The normalized spacial score (nSPS) is 18.8. The fourth-order valence-corrected chi connectivity index (χ4v) is 2.37. The molecule has 1 aromatic rings. The lowest BCUT2D eigenvalue weighted by atomic mass is 9.90. The summed E-state index contributed by atoms with van der Waals surface area (Å²) in [6, 6.07) is 7.17. The SMILES string of the molecule is CC(CNC(=O)C1(N)CCOCC1)Oc1cccc(Cl)c1. The van der Waals surface area contributed by atoms with Crippen molar-refractivity contribution < 1.29 is 14.3 Å². The van der Waals surface area contributed by atoms with E-state index in [2.05, 4.69) is 5.32 Å². The summed E-state index contributed by atoms with van der Waals surface area (Å²) < 4.78 is 10.9. The summed E-state index contributed by atoms with van der Waals surface area (Å²) in [6.07, 6.45) is 0.918. The van der Waals surface area contributed by atoms with Gasteiger partial charge in [0.25, 0.3) is 0 Å². The number of halogens is 1. The number of amides is 1. The molecule has 1 unspecified atom stereocenters. The highest BCUT2D eigenvalue weighted by Gasteiger charge is 2.35. The van der Waals surface area contributed by atoms with E-state index in [1.165, 1.54) is 0 Å². The second-order valence-electron chi connectivity index (χ2n) is 5.36. The van der Waals surface area contributed by atoms with E-state index in [4.69, 9.17) is 26.8 Å². The van der Waals surface area contributed by atoms with Crippen LogP contribution in [0.3, 0.4) is 0 Å². The maximum atomic E-state index is 12.2. The molecule has 1 saturated heterocycles. The number of benzene rings is 1. The molecule has 0 saturated carbocycles. The number of nitrogens with two attached hydrogens (primary N) is 1. The molecule has 0 radical (unpaired) electrons. The molecular formula is C15H21ClN2O3. The number of ether oxygens (including phenoxy) is 2. The first-order valence-electron chi connectivity index (χ1n) is 7.07. The molecule has 1 aliphatic rings. The highest BCUT2D eigenvalue weighted by atomic mass is 35.5. The van der Waals surface area contributed by atoms with Crippen molar-refractivity contribution in [3.05, 3.63) is 29.3 Å². The first-order chi connectivity index (χ1) is 9.99. The lowest BCUT2D eigenvalue weighted by Crippen LogP contribution is -2.57. The molecule has 0 aromatic heterocycles. The predicted octanol–water partition coefficient (Wildman–Crippen LogP) is 1.73. The third kappa shape index (κ3) is 4.59. The molecule has 0 aliphatic carbocycles. The third-order valence-corrected chi connectivity index (χ3v) is 3.76. The predicted molar refractivity (Wildman–Crippen MR) is 81.5 cm³/mol.